The Hall–Kier alpha value is -4.63. The summed E-state index contributed by atoms with van der Waals surface area (Å²) < 4.78 is 25.0. The van der Waals surface area contributed by atoms with Gasteiger partial charge in [0.2, 0.25) is 0 Å². The van der Waals surface area contributed by atoms with E-state index in [-0.39, 0.29) is 18.3 Å². The number of methoxy groups -OCH3 is 1. The Morgan fingerprint density at radius 3 is 2.56 bits per heavy atom. The smallest absolute Gasteiger partial charge is 0.338 e. The predicted octanol–water partition coefficient (Wildman–Crippen LogP) is 5.17. The molecule has 0 saturated carbocycles. The van der Waals surface area contributed by atoms with Crippen LogP contribution in [-0.4, -0.2) is 30.4 Å². The fraction of sp³-hybridized carbons (Fsp3) is 0.265. The van der Waals surface area contributed by atoms with Crippen LogP contribution in [0.15, 0.2) is 93.9 Å². The molecule has 0 N–H and O–H groups in total. The number of thiazole rings is 1. The van der Waals surface area contributed by atoms with Gasteiger partial charge in [-0.25, -0.2) is 9.79 Å². The number of ether oxygens (including phenoxy) is 4. The number of hydrogen-bond acceptors (Lipinski definition) is 8. The third-order valence-corrected chi connectivity index (χ3v) is 7.77. The summed E-state index contributed by atoms with van der Waals surface area (Å²) in [5, 5.41) is 0. The molecule has 222 valence electrons. The number of allylic oxidation sites excluding steroid dienone is 1. The van der Waals surface area contributed by atoms with Gasteiger partial charge in [0.25, 0.3) is 5.56 Å². The minimum Gasteiger partial charge on any atom is -0.493 e. The largest absolute Gasteiger partial charge is 0.493 e. The van der Waals surface area contributed by atoms with Gasteiger partial charge in [-0.3, -0.25) is 9.36 Å². The third kappa shape index (κ3) is 6.57. The Kier molecular flexibility index (Phi) is 9.11. The zero-order valence-corrected chi connectivity index (χ0v) is 25.6. The second-order valence-electron chi connectivity index (χ2n) is 10.2. The van der Waals surface area contributed by atoms with E-state index in [9.17, 15) is 9.59 Å². The topological polar surface area (TPSA) is 88.4 Å². The standard InChI is InChI=1S/C34H34N2O6S/c1-6-40-33(38)30-22(4)35-34-36(31(30)25-15-16-27(42-21(2)3)28(19-25)39-5)32(37)29(43-34)18-24-13-10-14-26(17-24)41-20-23-11-8-7-9-12-23/h7-19,21,31H,6,20H2,1-5H3/b29-18+/t31-/m1/s1. The van der Waals surface area contributed by atoms with Gasteiger partial charge in [0.05, 0.1) is 41.7 Å². The van der Waals surface area contributed by atoms with Crippen molar-refractivity contribution in [2.24, 2.45) is 4.99 Å². The summed E-state index contributed by atoms with van der Waals surface area (Å²) >= 11 is 1.27. The molecule has 9 heteroatoms. The zero-order valence-electron chi connectivity index (χ0n) is 24.8. The highest BCUT2D eigenvalue weighted by molar-refractivity contribution is 7.07. The number of aromatic nitrogens is 1. The molecular formula is C34H34N2O6S. The molecule has 0 aliphatic carbocycles. The van der Waals surface area contributed by atoms with Crippen molar-refractivity contribution >= 4 is 23.4 Å². The number of esters is 1. The number of carbonyl (C=O) groups is 1. The fourth-order valence-electron chi connectivity index (χ4n) is 4.90. The summed E-state index contributed by atoms with van der Waals surface area (Å²) in [7, 11) is 1.56. The molecule has 1 aliphatic heterocycles. The van der Waals surface area contributed by atoms with Crippen molar-refractivity contribution in [2.75, 3.05) is 13.7 Å². The molecule has 5 rings (SSSR count). The summed E-state index contributed by atoms with van der Waals surface area (Å²) in [6.45, 7) is 8.00. The molecule has 0 amide bonds. The monoisotopic (exact) mass is 598 g/mol. The van der Waals surface area contributed by atoms with Gasteiger partial charge in [0, 0.05) is 0 Å². The Morgan fingerprint density at radius 2 is 1.84 bits per heavy atom. The van der Waals surface area contributed by atoms with Crippen molar-refractivity contribution < 1.29 is 23.7 Å². The quantitative estimate of drug-likeness (QED) is 0.234. The van der Waals surface area contributed by atoms with Crippen LogP contribution in [0.5, 0.6) is 17.2 Å². The first-order valence-electron chi connectivity index (χ1n) is 14.1. The first kappa shape index (κ1) is 29.8. The van der Waals surface area contributed by atoms with Crippen molar-refractivity contribution in [3.05, 3.63) is 120 Å². The summed E-state index contributed by atoms with van der Waals surface area (Å²) in [6.07, 6.45) is 1.76. The molecule has 2 heterocycles. The van der Waals surface area contributed by atoms with Gasteiger partial charge in [-0.1, -0.05) is 59.9 Å². The number of rotatable bonds is 10. The van der Waals surface area contributed by atoms with E-state index in [0.717, 1.165) is 11.1 Å². The van der Waals surface area contributed by atoms with E-state index in [0.29, 0.717) is 50.0 Å². The zero-order chi connectivity index (χ0) is 30.5. The molecule has 0 saturated heterocycles. The van der Waals surface area contributed by atoms with Crippen molar-refractivity contribution in [2.45, 2.75) is 46.4 Å². The maximum Gasteiger partial charge on any atom is 0.338 e. The Bertz CT molecular complexity index is 1840. The number of nitrogens with zero attached hydrogens (tertiary/aromatic N) is 2. The van der Waals surface area contributed by atoms with Gasteiger partial charge < -0.3 is 18.9 Å². The second-order valence-corrected chi connectivity index (χ2v) is 11.2. The summed E-state index contributed by atoms with van der Waals surface area (Å²) in [5.74, 6) is 1.24. The molecule has 0 spiro atoms. The molecule has 1 aliphatic rings. The lowest BCUT2D eigenvalue weighted by Crippen LogP contribution is -2.40. The Morgan fingerprint density at radius 1 is 1.05 bits per heavy atom. The normalized spacial score (nSPS) is 14.7. The van der Waals surface area contributed by atoms with Crippen molar-refractivity contribution in [1.82, 2.24) is 4.57 Å². The maximum atomic E-state index is 14.0. The van der Waals surface area contributed by atoms with Crippen LogP contribution in [-0.2, 0) is 16.1 Å². The fourth-order valence-corrected chi connectivity index (χ4v) is 5.95. The van der Waals surface area contributed by atoms with Crippen LogP contribution >= 0.6 is 11.3 Å². The molecule has 1 atom stereocenters. The third-order valence-electron chi connectivity index (χ3n) is 6.79. The Labute approximate surface area is 254 Å². The van der Waals surface area contributed by atoms with Crippen molar-refractivity contribution in [3.8, 4) is 17.2 Å². The first-order chi connectivity index (χ1) is 20.8. The van der Waals surface area contributed by atoms with Crippen LogP contribution < -0.4 is 29.1 Å². The molecule has 0 bridgehead atoms. The minimum atomic E-state index is -0.764. The van der Waals surface area contributed by atoms with Gasteiger partial charge in [0.15, 0.2) is 16.3 Å². The second kappa shape index (κ2) is 13.1. The van der Waals surface area contributed by atoms with Crippen molar-refractivity contribution in [1.29, 1.82) is 0 Å². The molecule has 8 nitrogen and oxygen atoms in total. The molecule has 43 heavy (non-hydrogen) atoms. The summed E-state index contributed by atoms with van der Waals surface area (Å²) in [6, 6.07) is 22.2. The lowest BCUT2D eigenvalue weighted by Gasteiger charge is -2.25. The van der Waals surface area contributed by atoms with Crippen LogP contribution in [0.1, 0.15) is 50.4 Å². The van der Waals surface area contributed by atoms with E-state index >= 15 is 0 Å². The predicted molar refractivity (Wildman–Crippen MR) is 166 cm³/mol. The van der Waals surface area contributed by atoms with Crippen molar-refractivity contribution in [3.63, 3.8) is 0 Å². The van der Waals surface area contributed by atoms with Crippen LogP contribution in [0.2, 0.25) is 0 Å². The SMILES string of the molecule is CCOC(=O)C1=C(C)N=c2s/c(=C/c3cccc(OCc4ccccc4)c3)c(=O)n2[C@@H]1c1ccc(OC(C)C)c(OC)c1. The maximum absolute atomic E-state index is 14.0. The van der Waals surface area contributed by atoms with E-state index in [1.165, 1.54) is 11.3 Å². The summed E-state index contributed by atoms with van der Waals surface area (Å²) in [4.78, 5) is 32.4. The molecule has 0 radical (unpaired) electrons. The van der Waals surface area contributed by atoms with Gasteiger partial charge in [-0.2, -0.15) is 0 Å². The molecule has 3 aromatic carbocycles. The average Bonchev–Trinajstić information content (AvgIpc) is 3.30. The highest BCUT2D eigenvalue weighted by atomic mass is 32.1. The number of hydrogen-bond donors (Lipinski definition) is 0. The number of fused-ring (bicyclic) bond motifs is 1. The average molecular weight is 599 g/mol. The number of benzene rings is 3. The Balaban J connectivity index is 1.58. The van der Waals surface area contributed by atoms with Crippen LogP contribution in [0.3, 0.4) is 0 Å². The van der Waals surface area contributed by atoms with Gasteiger partial charge in [-0.05, 0) is 74.7 Å². The van der Waals surface area contributed by atoms with Crippen LogP contribution in [0.25, 0.3) is 6.08 Å². The van der Waals surface area contributed by atoms with E-state index in [1.807, 2.05) is 80.6 Å². The molecular weight excluding hydrogens is 564 g/mol. The van der Waals surface area contributed by atoms with E-state index in [4.69, 9.17) is 18.9 Å². The lowest BCUT2D eigenvalue weighted by molar-refractivity contribution is -0.139. The summed E-state index contributed by atoms with van der Waals surface area (Å²) in [5.41, 5.74) is 3.08. The number of carbonyl (C=O) groups excluding carboxylic acids is 1. The highest BCUT2D eigenvalue weighted by Gasteiger charge is 2.34. The molecule has 4 aromatic rings. The lowest BCUT2D eigenvalue weighted by atomic mass is 9.95. The van der Waals surface area contributed by atoms with E-state index in [2.05, 4.69) is 4.99 Å². The van der Waals surface area contributed by atoms with Gasteiger partial charge in [0.1, 0.15) is 12.4 Å². The molecule has 0 fully saturated rings. The highest BCUT2D eigenvalue weighted by Crippen LogP contribution is 2.36. The molecule has 1 aromatic heterocycles. The first-order valence-corrected chi connectivity index (χ1v) is 14.9. The van der Waals surface area contributed by atoms with Crippen LogP contribution in [0, 0.1) is 0 Å². The van der Waals surface area contributed by atoms with Gasteiger partial charge in [-0.15, -0.1) is 0 Å². The minimum absolute atomic E-state index is 0.0584. The van der Waals surface area contributed by atoms with Crippen LogP contribution in [0.4, 0.5) is 0 Å². The van der Waals surface area contributed by atoms with E-state index < -0.39 is 12.0 Å². The van der Waals surface area contributed by atoms with Gasteiger partial charge >= 0.3 is 5.97 Å². The van der Waals surface area contributed by atoms with E-state index in [1.54, 1.807) is 37.7 Å². The molecule has 0 unspecified atom stereocenters.